The number of aliphatic carboxylic acids is 1. The number of carbonyl (C=O) groups is 1. The van der Waals surface area contributed by atoms with E-state index in [1.807, 2.05) is 0 Å². The van der Waals surface area contributed by atoms with E-state index in [4.69, 9.17) is 14.6 Å². The summed E-state index contributed by atoms with van der Waals surface area (Å²) in [4.78, 5) is 20.5. The Hall–Kier alpha value is -2.57. The molecule has 7 heteroatoms. The van der Waals surface area contributed by atoms with E-state index in [0.29, 0.717) is 0 Å². The molecule has 1 N–H and O–H groups in total. The SMILES string of the molecule is C=C(COc1cc([N+](=O)[O-])ccc1OC)C(=O)O. The Morgan fingerprint density at radius 1 is 1.50 bits per heavy atom. The van der Waals surface area contributed by atoms with Crippen LogP contribution in [0.5, 0.6) is 11.5 Å². The van der Waals surface area contributed by atoms with Gasteiger partial charge in [-0.2, -0.15) is 0 Å². The minimum Gasteiger partial charge on any atom is -0.493 e. The average molecular weight is 253 g/mol. The Morgan fingerprint density at radius 2 is 2.17 bits per heavy atom. The number of methoxy groups -OCH3 is 1. The Balaban J connectivity index is 2.91. The van der Waals surface area contributed by atoms with Crippen molar-refractivity contribution in [2.45, 2.75) is 0 Å². The van der Waals surface area contributed by atoms with Gasteiger partial charge in [0.25, 0.3) is 5.69 Å². The molecule has 0 heterocycles. The zero-order valence-corrected chi connectivity index (χ0v) is 9.58. The molecule has 0 amide bonds. The van der Waals surface area contributed by atoms with Gasteiger partial charge in [0.2, 0.25) is 0 Å². The van der Waals surface area contributed by atoms with E-state index in [-0.39, 0.29) is 29.4 Å². The normalized spacial score (nSPS) is 9.61. The topological polar surface area (TPSA) is 98.9 Å². The second-order valence-corrected chi connectivity index (χ2v) is 3.29. The smallest absolute Gasteiger partial charge is 0.334 e. The monoisotopic (exact) mass is 253 g/mol. The maximum absolute atomic E-state index is 10.6. The van der Waals surface area contributed by atoms with Gasteiger partial charge in [-0.05, 0) is 6.07 Å². The van der Waals surface area contributed by atoms with E-state index in [2.05, 4.69) is 6.58 Å². The standard InChI is InChI=1S/C11H11NO6/c1-7(11(13)14)6-18-10-5-8(12(15)16)3-4-9(10)17-2/h3-5H,1,6H2,2H3,(H,13,14). The fourth-order valence-electron chi connectivity index (χ4n) is 1.12. The number of hydrogen-bond acceptors (Lipinski definition) is 5. The predicted molar refractivity (Wildman–Crippen MR) is 61.9 cm³/mol. The van der Waals surface area contributed by atoms with Crippen LogP contribution >= 0.6 is 0 Å². The van der Waals surface area contributed by atoms with E-state index in [1.54, 1.807) is 0 Å². The quantitative estimate of drug-likeness (QED) is 0.470. The van der Waals surface area contributed by atoms with Crippen LogP contribution in [0.25, 0.3) is 0 Å². The van der Waals surface area contributed by atoms with E-state index in [0.717, 1.165) is 6.07 Å². The lowest BCUT2D eigenvalue weighted by molar-refractivity contribution is -0.385. The highest BCUT2D eigenvalue weighted by Gasteiger charge is 2.13. The second kappa shape index (κ2) is 5.67. The van der Waals surface area contributed by atoms with Gasteiger partial charge in [0.05, 0.1) is 23.7 Å². The summed E-state index contributed by atoms with van der Waals surface area (Å²) >= 11 is 0. The van der Waals surface area contributed by atoms with Crippen molar-refractivity contribution >= 4 is 11.7 Å². The van der Waals surface area contributed by atoms with Gasteiger partial charge in [-0.1, -0.05) is 6.58 Å². The van der Waals surface area contributed by atoms with Crippen LogP contribution in [0.3, 0.4) is 0 Å². The molecule has 0 radical (unpaired) electrons. The molecule has 0 atom stereocenters. The number of nitrogens with zero attached hydrogens (tertiary/aromatic N) is 1. The first-order valence-electron chi connectivity index (χ1n) is 4.82. The third-order valence-electron chi connectivity index (χ3n) is 2.06. The number of non-ortho nitro benzene ring substituents is 1. The van der Waals surface area contributed by atoms with Crippen molar-refractivity contribution in [3.8, 4) is 11.5 Å². The van der Waals surface area contributed by atoms with Crippen molar-refractivity contribution in [1.82, 2.24) is 0 Å². The molecule has 0 bridgehead atoms. The fraction of sp³-hybridized carbons (Fsp3) is 0.182. The van der Waals surface area contributed by atoms with Gasteiger partial charge in [-0.25, -0.2) is 4.79 Å². The zero-order chi connectivity index (χ0) is 13.7. The molecule has 0 aromatic heterocycles. The largest absolute Gasteiger partial charge is 0.493 e. The third-order valence-corrected chi connectivity index (χ3v) is 2.06. The predicted octanol–water partition coefficient (Wildman–Crippen LogP) is 1.62. The molecule has 0 saturated carbocycles. The van der Waals surface area contributed by atoms with Crippen molar-refractivity contribution in [2.75, 3.05) is 13.7 Å². The minimum atomic E-state index is -1.20. The molecule has 7 nitrogen and oxygen atoms in total. The summed E-state index contributed by atoms with van der Waals surface area (Å²) in [7, 11) is 1.38. The van der Waals surface area contributed by atoms with Crippen LogP contribution in [0.15, 0.2) is 30.4 Å². The number of hydrogen-bond donors (Lipinski definition) is 1. The lowest BCUT2D eigenvalue weighted by Crippen LogP contribution is -2.09. The highest BCUT2D eigenvalue weighted by atomic mass is 16.6. The molecule has 96 valence electrons. The molecule has 0 aliphatic rings. The third kappa shape index (κ3) is 3.21. The number of rotatable bonds is 6. The van der Waals surface area contributed by atoms with E-state index in [9.17, 15) is 14.9 Å². The van der Waals surface area contributed by atoms with E-state index >= 15 is 0 Å². The first-order chi connectivity index (χ1) is 8.45. The summed E-state index contributed by atoms with van der Waals surface area (Å²) in [5, 5.41) is 19.2. The minimum absolute atomic E-state index is 0.0918. The van der Waals surface area contributed by atoms with Crippen molar-refractivity contribution in [3.63, 3.8) is 0 Å². The lowest BCUT2D eigenvalue weighted by atomic mass is 10.2. The number of nitro benzene ring substituents is 1. The molecular formula is C11H11NO6. The van der Waals surface area contributed by atoms with Crippen LogP contribution in [0.4, 0.5) is 5.69 Å². The van der Waals surface area contributed by atoms with Crippen LogP contribution in [0, 0.1) is 10.1 Å². The number of carboxylic acids is 1. The van der Waals surface area contributed by atoms with Crippen LogP contribution in [-0.2, 0) is 4.79 Å². The van der Waals surface area contributed by atoms with Crippen molar-refractivity contribution < 1.29 is 24.3 Å². The molecule has 1 rings (SSSR count). The maximum Gasteiger partial charge on any atom is 0.334 e. The van der Waals surface area contributed by atoms with Gasteiger partial charge >= 0.3 is 5.97 Å². The molecule has 0 aliphatic heterocycles. The van der Waals surface area contributed by atoms with Crippen molar-refractivity contribution in [3.05, 3.63) is 40.5 Å². The van der Waals surface area contributed by atoms with Crippen LogP contribution in [0.1, 0.15) is 0 Å². The van der Waals surface area contributed by atoms with Gasteiger partial charge in [0, 0.05) is 6.07 Å². The molecule has 1 aromatic carbocycles. The summed E-state index contributed by atoms with van der Waals surface area (Å²) in [6, 6.07) is 3.79. The van der Waals surface area contributed by atoms with Crippen LogP contribution in [-0.4, -0.2) is 29.7 Å². The summed E-state index contributed by atoms with van der Waals surface area (Å²) in [5.74, 6) is -0.827. The maximum atomic E-state index is 10.6. The van der Waals surface area contributed by atoms with Crippen molar-refractivity contribution in [2.24, 2.45) is 0 Å². The summed E-state index contributed by atoms with van der Waals surface area (Å²) in [5.41, 5.74) is -0.338. The molecule has 1 aromatic rings. The van der Waals surface area contributed by atoms with Crippen LogP contribution in [0.2, 0.25) is 0 Å². The van der Waals surface area contributed by atoms with Crippen LogP contribution < -0.4 is 9.47 Å². The average Bonchev–Trinajstić information content (AvgIpc) is 2.35. The van der Waals surface area contributed by atoms with Gasteiger partial charge in [-0.15, -0.1) is 0 Å². The molecular weight excluding hydrogens is 242 g/mol. The van der Waals surface area contributed by atoms with Gasteiger partial charge in [0.1, 0.15) is 6.61 Å². The molecule has 18 heavy (non-hydrogen) atoms. The van der Waals surface area contributed by atoms with E-state index < -0.39 is 10.9 Å². The summed E-state index contributed by atoms with van der Waals surface area (Å²) in [6.45, 7) is 3.00. The molecule has 0 saturated heterocycles. The Kier molecular flexibility index (Phi) is 4.25. The number of carboxylic acid groups (broad SMARTS) is 1. The summed E-state index contributed by atoms with van der Waals surface area (Å²) in [6.07, 6.45) is 0. The summed E-state index contributed by atoms with van der Waals surface area (Å²) < 4.78 is 10.1. The number of ether oxygens (including phenoxy) is 2. The second-order valence-electron chi connectivity index (χ2n) is 3.29. The molecule has 0 spiro atoms. The molecule has 0 unspecified atom stereocenters. The lowest BCUT2D eigenvalue weighted by Gasteiger charge is -2.10. The van der Waals surface area contributed by atoms with E-state index in [1.165, 1.54) is 19.2 Å². The van der Waals surface area contributed by atoms with Gasteiger partial charge in [-0.3, -0.25) is 10.1 Å². The highest BCUT2D eigenvalue weighted by molar-refractivity contribution is 5.86. The number of nitro groups is 1. The Bertz CT molecular complexity index is 496. The Labute approximate surface area is 102 Å². The Morgan fingerprint density at radius 3 is 2.67 bits per heavy atom. The number of benzene rings is 1. The molecule has 0 fully saturated rings. The van der Waals surface area contributed by atoms with Crippen molar-refractivity contribution in [1.29, 1.82) is 0 Å². The first-order valence-corrected chi connectivity index (χ1v) is 4.82. The zero-order valence-electron chi connectivity index (χ0n) is 9.58. The van der Waals surface area contributed by atoms with Gasteiger partial charge in [0.15, 0.2) is 11.5 Å². The van der Waals surface area contributed by atoms with Gasteiger partial charge < -0.3 is 14.6 Å². The first kappa shape index (κ1) is 13.5. The fourth-order valence-corrected chi connectivity index (χ4v) is 1.12. The highest BCUT2D eigenvalue weighted by Crippen LogP contribution is 2.31. The molecule has 0 aliphatic carbocycles.